The largest absolute Gasteiger partial charge is 0.493 e. The number of ether oxygens (including phenoxy) is 3. The van der Waals surface area contributed by atoms with Gasteiger partial charge in [-0.15, -0.1) is 0 Å². The van der Waals surface area contributed by atoms with Gasteiger partial charge in [-0.1, -0.05) is 0 Å². The number of anilines is 1. The summed E-state index contributed by atoms with van der Waals surface area (Å²) in [7, 11) is 3.69. The van der Waals surface area contributed by atoms with Crippen LogP contribution in [0.3, 0.4) is 0 Å². The SMILES string of the molecule is COc1cc(NC(=O)[C@H]2C[C@@H](c3cnn(C)c3C)NS(=O)(=O)N2C)cc(OC)c1OC. The molecule has 170 valence electrons. The number of hydrogen-bond donors (Lipinski definition) is 2. The van der Waals surface area contributed by atoms with Crippen LogP contribution in [0, 0.1) is 6.92 Å². The fourth-order valence-corrected chi connectivity index (χ4v) is 4.82. The van der Waals surface area contributed by atoms with E-state index >= 15 is 0 Å². The second kappa shape index (κ2) is 8.73. The number of aromatic nitrogens is 2. The maximum atomic E-state index is 13.1. The fraction of sp³-hybridized carbons (Fsp3) is 0.474. The summed E-state index contributed by atoms with van der Waals surface area (Å²) in [6.07, 6.45) is 1.85. The maximum Gasteiger partial charge on any atom is 0.280 e. The lowest BCUT2D eigenvalue weighted by atomic mass is 10.00. The van der Waals surface area contributed by atoms with Gasteiger partial charge in [0.05, 0.1) is 33.6 Å². The van der Waals surface area contributed by atoms with Crippen molar-refractivity contribution in [1.82, 2.24) is 18.8 Å². The molecule has 2 heterocycles. The zero-order valence-electron chi connectivity index (χ0n) is 18.3. The number of likely N-dealkylation sites (N-methyl/N-ethyl adjacent to an activating group) is 1. The van der Waals surface area contributed by atoms with Crippen molar-refractivity contribution >= 4 is 21.8 Å². The number of nitrogens with zero attached hydrogens (tertiary/aromatic N) is 3. The van der Waals surface area contributed by atoms with E-state index in [0.717, 1.165) is 15.6 Å². The molecular formula is C19H27N5O6S. The number of amides is 1. The van der Waals surface area contributed by atoms with Gasteiger partial charge >= 0.3 is 0 Å². The standard InChI is InChI=1S/C19H27N5O6S/c1-11-13(10-20-23(11)2)14-9-15(24(3)31(26,27)22-14)19(25)21-12-7-16(28-4)18(30-6)17(8-12)29-5/h7-8,10,14-15,22H,9H2,1-6H3,(H,21,25)/t14-,15+/m0/s1. The molecule has 0 unspecified atom stereocenters. The molecule has 1 aromatic carbocycles. The molecule has 2 N–H and O–H groups in total. The first-order valence-electron chi connectivity index (χ1n) is 9.47. The zero-order chi connectivity index (χ0) is 22.9. The molecule has 3 rings (SSSR count). The highest BCUT2D eigenvalue weighted by atomic mass is 32.2. The Balaban J connectivity index is 1.90. The number of methoxy groups -OCH3 is 3. The Bertz CT molecular complexity index is 1060. The first-order valence-corrected chi connectivity index (χ1v) is 10.9. The van der Waals surface area contributed by atoms with Crippen LogP contribution in [0.15, 0.2) is 18.3 Å². The quantitative estimate of drug-likeness (QED) is 0.668. The van der Waals surface area contributed by atoms with E-state index in [2.05, 4.69) is 15.1 Å². The minimum atomic E-state index is -3.87. The predicted molar refractivity (Wildman–Crippen MR) is 114 cm³/mol. The first kappa shape index (κ1) is 22.8. The first-order chi connectivity index (χ1) is 14.6. The molecule has 31 heavy (non-hydrogen) atoms. The molecule has 11 nitrogen and oxygen atoms in total. The van der Waals surface area contributed by atoms with Crippen LogP contribution in [0.25, 0.3) is 0 Å². The third-order valence-electron chi connectivity index (χ3n) is 5.45. The third-order valence-corrected chi connectivity index (χ3v) is 7.05. The number of aryl methyl sites for hydroxylation is 1. The Kier molecular flexibility index (Phi) is 6.43. The van der Waals surface area contributed by atoms with Crippen molar-refractivity contribution in [2.24, 2.45) is 7.05 Å². The normalized spacial score (nSPS) is 20.8. The van der Waals surface area contributed by atoms with Crippen molar-refractivity contribution in [2.75, 3.05) is 33.7 Å². The number of benzene rings is 1. The summed E-state index contributed by atoms with van der Waals surface area (Å²) in [5.41, 5.74) is 1.93. The van der Waals surface area contributed by atoms with Crippen LogP contribution in [0.5, 0.6) is 17.2 Å². The van der Waals surface area contributed by atoms with Gasteiger partial charge < -0.3 is 19.5 Å². The Morgan fingerprint density at radius 2 is 1.77 bits per heavy atom. The Labute approximate surface area is 181 Å². The van der Waals surface area contributed by atoms with E-state index in [0.29, 0.717) is 22.9 Å². The van der Waals surface area contributed by atoms with E-state index in [9.17, 15) is 13.2 Å². The average molecular weight is 454 g/mol. The van der Waals surface area contributed by atoms with Gasteiger partial charge in [0.25, 0.3) is 10.2 Å². The number of carbonyl (C=O) groups excluding carboxylic acids is 1. The van der Waals surface area contributed by atoms with Gasteiger partial charge in [0, 0.05) is 43.2 Å². The maximum absolute atomic E-state index is 13.1. The molecule has 1 aromatic heterocycles. The Hall–Kier alpha value is -2.83. The summed E-state index contributed by atoms with van der Waals surface area (Å²) in [6.45, 7) is 1.85. The lowest BCUT2D eigenvalue weighted by Crippen LogP contribution is -2.56. The number of carbonyl (C=O) groups is 1. The van der Waals surface area contributed by atoms with Crippen LogP contribution in [0.2, 0.25) is 0 Å². The van der Waals surface area contributed by atoms with Gasteiger partial charge in [-0.2, -0.15) is 22.5 Å². The van der Waals surface area contributed by atoms with Gasteiger partial charge in [-0.3, -0.25) is 9.48 Å². The lowest BCUT2D eigenvalue weighted by molar-refractivity contribution is -0.120. The molecule has 2 atom stereocenters. The van der Waals surface area contributed by atoms with Crippen molar-refractivity contribution in [1.29, 1.82) is 0 Å². The molecule has 0 bridgehead atoms. The summed E-state index contributed by atoms with van der Waals surface area (Å²) < 4.78 is 46.6. The van der Waals surface area contributed by atoms with E-state index in [4.69, 9.17) is 14.2 Å². The van der Waals surface area contributed by atoms with E-state index in [1.54, 1.807) is 30.1 Å². The second-order valence-electron chi connectivity index (χ2n) is 7.16. The topological polar surface area (TPSA) is 124 Å². The van der Waals surface area contributed by atoms with Gasteiger partial charge in [0.1, 0.15) is 6.04 Å². The number of hydrogen-bond acceptors (Lipinski definition) is 7. The molecule has 2 aromatic rings. The van der Waals surface area contributed by atoms with Crippen LogP contribution < -0.4 is 24.2 Å². The van der Waals surface area contributed by atoms with E-state index in [1.807, 2.05) is 6.92 Å². The molecule has 12 heteroatoms. The third kappa shape index (κ3) is 4.31. The van der Waals surface area contributed by atoms with Crippen LogP contribution in [-0.4, -0.2) is 62.8 Å². The van der Waals surface area contributed by atoms with Crippen molar-refractivity contribution in [3.8, 4) is 17.2 Å². The van der Waals surface area contributed by atoms with Crippen molar-refractivity contribution in [2.45, 2.75) is 25.4 Å². The summed E-state index contributed by atoms with van der Waals surface area (Å²) >= 11 is 0. The molecule has 0 aliphatic carbocycles. The monoisotopic (exact) mass is 453 g/mol. The van der Waals surface area contributed by atoms with E-state index < -0.39 is 28.2 Å². The highest BCUT2D eigenvalue weighted by Gasteiger charge is 2.41. The minimum absolute atomic E-state index is 0.235. The van der Waals surface area contributed by atoms with Crippen molar-refractivity contribution < 1.29 is 27.4 Å². The van der Waals surface area contributed by atoms with Crippen LogP contribution in [0.4, 0.5) is 5.69 Å². The van der Waals surface area contributed by atoms with Crippen LogP contribution >= 0.6 is 0 Å². The lowest BCUT2D eigenvalue weighted by Gasteiger charge is -2.36. The fourth-order valence-electron chi connectivity index (χ4n) is 3.55. The number of rotatable bonds is 6. The molecule has 1 amide bonds. The highest BCUT2D eigenvalue weighted by molar-refractivity contribution is 7.87. The molecule has 0 radical (unpaired) electrons. The molecule has 0 saturated carbocycles. The molecular weight excluding hydrogens is 426 g/mol. The second-order valence-corrected chi connectivity index (χ2v) is 8.92. The average Bonchev–Trinajstić information content (AvgIpc) is 3.07. The van der Waals surface area contributed by atoms with Crippen LogP contribution in [-0.2, 0) is 22.1 Å². The summed E-state index contributed by atoms with van der Waals surface area (Å²) in [4.78, 5) is 13.1. The zero-order valence-corrected chi connectivity index (χ0v) is 19.1. The summed E-state index contributed by atoms with van der Waals surface area (Å²) in [5.74, 6) is 0.643. The highest BCUT2D eigenvalue weighted by Crippen LogP contribution is 2.40. The molecule has 1 aliphatic heterocycles. The predicted octanol–water partition coefficient (Wildman–Crippen LogP) is 0.973. The van der Waals surface area contributed by atoms with E-state index in [-0.39, 0.29) is 6.42 Å². The summed E-state index contributed by atoms with van der Waals surface area (Å²) in [5, 5.41) is 6.94. The van der Waals surface area contributed by atoms with Crippen LogP contribution in [0.1, 0.15) is 23.7 Å². The Morgan fingerprint density at radius 3 is 2.26 bits per heavy atom. The molecule has 1 fully saturated rings. The Morgan fingerprint density at radius 1 is 1.16 bits per heavy atom. The van der Waals surface area contributed by atoms with Crippen molar-refractivity contribution in [3.05, 3.63) is 29.6 Å². The van der Waals surface area contributed by atoms with E-state index in [1.165, 1.54) is 28.4 Å². The van der Waals surface area contributed by atoms with Crippen molar-refractivity contribution in [3.63, 3.8) is 0 Å². The van der Waals surface area contributed by atoms with Gasteiger partial charge in [0.15, 0.2) is 11.5 Å². The number of nitrogens with one attached hydrogen (secondary N) is 2. The van der Waals surface area contributed by atoms with Gasteiger partial charge in [0.2, 0.25) is 11.7 Å². The smallest absolute Gasteiger partial charge is 0.280 e. The van der Waals surface area contributed by atoms with Gasteiger partial charge in [-0.05, 0) is 13.3 Å². The molecule has 0 spiro atoms. The minimum Gasteiger partial charge on any atom is -0.493 e. The molecule has 1 aliphatic rings. The molecule has 1 saturated heterocycles. The van der Waals surface area contributed by atoms with Gasteiger partial charge in [-0.25, -0.2) is 0 Å². The summed E-state index contributed by atoms with van der Waals surface area (Å²) in [6, 6.07) is 1.65.